The summed E-state index contributed by atoms with van der Waals surface area (Å²) in [5.41, 5.74) is 6.54. The zero-order valence-corrected chi connectivity index (χ0v) is 30.1. The van der Waals surface area contributed by atoms with Crippen molar-refractivity contribution in [3.05, 3.63) is 83.2 Å². The number of fused-ring (bicyclic) bond motifs is 2. The molecule has 0 radical (unpaired) electrons. The van der Waals surface area contributed by atoms with Crippen LogP contribution in [0, 0.1) is 0 Å². The minimum absolute atomic E-state index is 0.0824. The summed E-state index contributed by atoms with van der Waals surface area (Å²) >= 11 is 2.21. The second kappa shape index (κ2) is 17.0. The summed E-state index contributed by atoms with van der Waals surface area (Å²) in [5.74, 6) is -3.06. The lowest BCUT2D eigenvalue weighted by Gasteiger charge is -2.33. The van der Waals surface area contributed by atoms with Gasteiger partial charge in [-0.2, -0.15) is 0 Å². The number of urea groups is 1. The molecule has 4 aromatic rings. The first-order valence-electron chi connectivity index (χ1n) is 15.4. The maximum atomic E-state index is 13.8. The number of primary amides is 1. The maximum absolute atomic E-state index is 13.8. The standard InChI is InChI=1S/C33H39N6O8PS2/c1-20(40)35-27(16-24-17-50-29-11-7-6-10-25(24)29)31(42)36-28(18-49-19-48(45,46)47)32(43)38(2)39(3)33(44)37-26(30(34)41)15-21-12-13-22-8-4-5-9-23(22)14-21/h4-14,17,26-28H,15-16,18-19H2,1-3H3,(H2,34,41)(H,35,40)(H,36,42)(H,37,44)(H2,45,46,47)/t26-,27-,28-/m0/s1. The molecular weight excluding hydrogens is 704 g/mol. The smallest absolute Gasteiger partial charge is 0.336 e. The van der Waals surface area contributed by atoms with Gasteiger partial charge in [0, 0.05) is 44.3 Å². The largest absolute Gasteiger partial charge is 0.368 e. The number of benzene rings is 3. The molecule has 0 aliphatic heterocycles. The fraction of sp³-hybridized carbons (Fsp3) is 0.303. The summed E-state index contributed by atoms with van der Waals surface area (Å²) in [4.78, 5) is 83.9. The molecular formula is C33H39N6O8PS2. The number of thioether (sulfide) groups is 1. The highest BCUT2D eigenvalue weighted by atomic mass is 32.2. The van der Waals surface area contributed by atoms with Gasteiger partial charge >= 0.3 is 13.6 Å². The number of nitrogens with zero attached hydrogens (tertiary/aromatic N) is 2. The number of hydrazine groups is 1. The Kier molecular flexibility index (Phi) is 13.0. The first-order valence-corrected chi connectivity index (χ1v) is 19.2. The van der Waals surface area contributed by atoms with Crippen LogP contribution < -0.4 is 21.7 Å². The first-order chi connectivity index (χ1) is 23.6. The summed E-state index contributed by atoms with van der Waals surface area (Å²) in [6, 6.07) is 16.4. The fourth-order valence-electron chi connectivity index (χ4n) is 5.18. The number of rotatable bonds is 14. The fourth-order valence-corrected chi connectivity index (χ4v) is 7.99. The predicted octanol–water partition coefficient (Wildman–Crippen LogP) is 2.57. The van der Waals surface area contributed by atoms with Crippen LogP contribution in [0.3, 0.4) is 0 Å². The highest BCUT2D eigenvalue weighted by molar-refractivity contribution is 8.04. The lowest BCUT2D eigenvalue weighted by molar-refractivity contribution is -0.143. The molecule has 266 valence electrons. The van der Waals surface area contributed by atoms with Crippen molar-refractivity contribution in [3.8, 4) is 0 Å². The number of hydrogen-bond acceptors (Lipinski definition) is 8. The molecule has 50 heavy (non-hydrogen) atoms. The monoisotopic (exact) mass is 742 g/mol. The summed E-state index contributed by atoms with van der Waals surface area (Å²) in [6.45, 7) is 1.26. The summed E-state index contributed by atoms with van der Waals surface area (Å²) in [6.07, 6.45) is 0.189. The molecule has 0 aliphatic rings. The minimum atomic E-state index is -4.46. The van der Waals surface area contributed by atoms with Gasteiger partial charge in [-0.1, -0.05) is 60.7 Å². The molecule has 1 heterocycles. The van der Waals surface area contributed by atoms with E-state index in [1.165, 1.54) is 32.4 Å². The number of nitrogens with one attached hydrogen (secondary N) is 3. The van der Waals surface area contributed by atoms with E-state index in [1.807, 2.05) is 72.1 Å². The molecule has 4 rings (SSSR count). The van der Waals surface area contributed by atoms with Crippen LogP contribution in [0.25, 0.3) is 20.9 Å². The molecule has 0 fully saturated rings. The van der Waals surface area contributed by atoms with E-state index in [0.717, 1.165) is 53.8 Å². The Morgan fingerprint density at radius 2 is 1.54 bits per heavy atom. The number of nitrogens with two attached hydrogens (primary N) is 1. The van der Waals surface area contributed by atoms with Crippen LogP contribution in [0.2, 0.25) is 0 Å². The first kappa shape index (κ1) is 38.3. The van der Waals surface area contributed by atoms with E-state index in [0.29, 0.717) is 0 Å². The number of carbonyl (C=O) groups is 5. The Morgan fingerprint density at radius 3 is 2.22 bits per heavy atom. The quantitative estimate of drug-likeness (QED) is 0.0827. The molecule has 17 heteroatoms. The van der Waals surface area contributed by atoms with Gasteiger partial charge in [0.2, 0.25) is 17.7 Å². The van der Waals surface area contributed by atoms with Crippen molar-refractivity contribution in [1.82, 2.24) is 26.0 Å². The zero-order valence-electron chi connectivity index (χ0n) is 27.6. The van der Waals surface area contributed by atoms with E-state index in [4.69, 9.17) is 5.73 Å². The molecule has 0 saturated heterocycles. The molecule has 7 N–H and O–H groups in total. The van der Waals surface area contributed by atoms with Gasteiger partial charge in [0.05, 0.1) is 5.49 Å². The molecule has 3 aromatic carbocycles. The SMILES string of the molecule is CC(=O)N[C@@H](Cc1csc2ccccc12)C(=O)N[C@@H](CSCP(=O)(O)O)C(=O)N(C)N(C)C(=O)N[C@@H](Cc1ccc2ccccc2c1)C(N)=O. The third-order valence-corrected chi connectivity index (χ3v) is 11.5. The molecule has 0 aliphatic carbocycles. The highest BCUT2D eigenvalue weighted by Crippen LogP contribution is 2.38. The third-order valence-electron chi connectivity index (χ3n) is 7.80. The van der Waals surface area contributed by atoms with Crippen molar-refractivity contribution < 1.29 is 38.3 Å². The van der Waals surface area contributed by atoms with Crippen molar-refractivity contribution in [2.24, 2.45) is 5.73 Å². The number of hydrogen-bond donors (Lipinski definition) is 6. The number of thiophene rings is 1. The second-order valence-corrected chi connectivity index (χ2v) is 15.6. The van der Waals surface area contributed by atoms with Crippen LogP contribution >= 0.6 is 30.7 Å². The van der Waals surface area contributed by atoms with E-state index in [-0.39, 0.29) is 18.6 Å². The Hall–Kier alpha value is -4.47. The van der Waals surface area contributed by atoms with Gasteiger partial charge in [-0.3, -0.25) is 28.8 Å². The summed E-state index contributed by atoms with van der Waals surface area (Å²) < 4.78 is 12.5. The van der Waals surface area contributed by atoms with E-state index in [1.54, 1.807) is 0 Å². The van der Waals surface area contributed by atoms with Crippen molar-refractivity contribution >= 4 is 81.2 Å². The van der Waals surface area contributed by atoms with Gasteiger partial charge in [0.15, 0.2) is 0 Å². The molecule has 3 atom stereocenters. The van der Waals surface area contributed by atoms with Crippen molar-refractivity contribution in [1.29, 1.82) is 0 Å². The molecule has 6 amide bonds. The molecule has 14 nitrogen and oxygen atoms in total. The lowest BCUT2D eigenvalue weighted by atomic mass is 10.0. The van der Waals surface area contributed by atoms with Gasteiger partial charge in [-0.05, 0) is 38.7 Å². The summed E-state index contributed by atoms with van der Waals surface area (Å²) in [7, 11) is -1.93. The molecule has 0 saturated carbocycles. The van der Waals surface area contributed by atoms with E-state index in [9.17, 15) is 38.3 Å². The topological polar surface area (TPSA) is 211 Å². The van der Waals surface area contributed by atoms with Gasteiger partial charge < -0.3 is 31.5 Å². The minimum Gasteiger partial charge on any atom is -0.368 e. The Morgan fingerprint density at radius 1 is 0.860 bits per heavy atom. The van der Waals surface area contributed by atoms with Gasteiger partial charge in [-0.15, -0.1) is 23.1 Å². The van der Waals surface area contributed by atoms with E-state index in [2.05, 4.69) is 16.0 Å². The molecule has 0 bridgehead atoms. The van der Waals surface area contributed by atoms with Crippen LogP contribution in [0.4, 0.5) is 4.79 Å². The van der Waals surface area contributed by atoms with E-state index >= 15 is 0 Å². The molecule has 1 aromatic heterocycles. The predicted molar refractivity (Wildman–Crippen MR) is 194 cm³/mol. The summed E-state index contributed by atoms with van der Waals surface area (Å²) in [5, 5.41) is 14.3. The normalized spacial score (nSPS) is 13.2. The number of likely N-dealkylation sites (N-methyl/N-ethyl adjacent to an activating group) is 1. The Bertz CT molecular complexity index is 1930. The Balaban J connectivity index is 1.49. The maximum Gasteiger partial charge on any atom is 0.336 e. The average Bonchev–Trinajstić information content (AvgIpc) is 3.47. The van der Waals surface area contributed by atoms with Gasteiger partial charge in [0.25, 0.3) is 5.91 Å². The zero-order chi connectivity index (χ0) is 36.6. The van der Waals surface area contributed by atoms with Crippen LogP contribution in [0.1, 0.15) is 18.1 Å². The lowest BCUT2D eigenvalue weighted by Crippen LogP contribution is -2.60. The third kappa shape index (κ3) is 10.5. The van der Waals surface area contributed by atoms with Crippen molar-refractivity contribution in [2.75, 3.05) is 25.3 Å². The highest BCUT2D eigenvalue weighted by Gasteiger charge is 2.32. The van der Waals surface area contributed by atoms with Gasteiger partial charge in [0.1, 0.15) is 18.1 Å². The molecule has 0 unspecified atom stereocenters. The van der Waals surface area contributed by atoms with Gasteiger partial charge in [-0.25, -0.2) is 9.80 Å². The Labute approximate surface area is 296 Å². The number of amides is 6. The van der Waals surface area contributed by atoms with Crippen LogP contribution in [0.5, 0.6) is 0 Å². The van der Waals surface area contributed by atoms with Crippen LogP contribution in [-0.4, -0.2) is 92.9 Å². The van der Waals surface area contributed by atoms with Crippen molar-refractivity contribution in [3.63, 3.8) is 0 Å². The number of carbonyl (C=O) groups excluding carboxylic acids is 5. The van der Waals surface area contributed by atoms with Crippen molar-refractivity contribution in [2.45, 2.75) is 37.9 Å². The van der Waals surface area contributed by atoms with E-state index < -0.39 is 60.9 Å². The molecule has 0 spiro atoms. The van der Waals surface area contributed by atoms with Crippen LogP contribution in [-0.2, 0) is 36.6 Å². The average molecular weight is 743 g/mol. The second-order valence-electron chi connectivity index (χ2n) is 11.6. The van der Waals surface area contributed by atoms with Crippen LogP contribution in [0.15, 0.2) is 72.1 Å².